The van der Waals surface area contributed by atoms with Gasteiger partial charge in [-0.3, -0.25) is 4.79 Å². The van der Waals surface area contributed by atoms with Crippen LogP contribution in [0, 0.1) is 5.92 Å². The second-order valence-electron chi connectivity index (χ2n) is 8.07. The van der Waals surface area contributed by atoms with Gasteiger partial charge in [0.05, 0.1) is 12.3 Å². The number of hydrogen-bond donors (Lipinski definition) is 1. The molecule has 1 aliphatic carbocycles. The molecule has 1 fully saturated rings. The highest BCUT2D eigenvalue weighted by molar-refractivity contribution is 5.94. The van der Waals surface area contributed by atoms with E-state index in [0.717, 1.165) is 31.2 Å². The Balaban J connectivity index is 1.33. The third-order valence-corrected chi connectivity index (χ3v) is 5.87. The van der Waals surface area contributed by atoms with Crippen molar-refractivity contribution in [2.24, 2.45) is 5.92 Å². The Hall–Kier alpha value is -3.01. The highest BCUT2D eigenvalue weighted by Gasteiger charge is 2.37. The van der Waals surface area contributed by atoms with Crippen LogP contribution in [0.2, 0.25) is 0 Å². The van der Waals surface area contributed by atoms with E-state index in [-0.39, 0.29) is 17.6 Å². The number of methoxy groups -OCH3 is 1. The second kappa shape index (κ2) is 9.23. The maximum Gasteiger partial charge on any atom is 0.453 e. The van der Waals surface area contributed by atoms with Crippen molar-refractivity contribution in [1.82, 2.24) is 24.9 Å². The van der Waals surface area contributed by atoms with Crippen LogP contribution in [0.1, 0.15) is 59.0 Å². The fourth-order valence-corrected chi connectivity index (χ4v) is 4.16. The first kappa shape index (κ1) is 22.2. The third-order valence-electron chi connectivity index (χ3n) is 5.87. The van der Waals surface area contributed by atoms with E-state index in [9.17, 15) is 18.0 Å². The number of carbonyl (C=O) groups excluding carboxylic acids is 1. The Bertz CT molecular complexity index is 1070. The maximum atomic E-state index is 13.0. The van der Waals surface area contributed by atoms with Gasteiger partial charge in [-0.2, -0.15) is 18.2 Å². The highest BCUT2D eigenvalue weighted by atomic mass is 19.4. The zero-order valence-corrected chi connectivity index (χ0v) is 17.6. The Morgan fingerprint density at radius 1 is 1.16 bits per heavy atom. The number of ether oxygens (including phenoxy) is 1. The molecule has 1 aromatic carbocycles. The number of amides is 1. The van der Waals surface area contributed by atoms with Gasteiger partial charge >= 0.3 is 6.18 Å². The molecule has 0 aliphatic heterocycles. The SMILES string of the molecule is COCc1ccc(C(=O)NCC2CCC(c3ccnc4nc(C(F)(F)F)nn34)CC2)cc1. The van der Waals surface area contributed by atoms with Gasteiger partial charge in [0.2, 0.25) is 0 Å². The van der Waals surface area contributed by atoms with Gasteiger partial charge < -0.3 is 10.1 Å². The van der Waals surface area contributed by atoms with Gasteiger partial charge in [-0.25, -0.2) is 9.50 Å². The molecule has 0 unspecified atom stereocenters. The fraction of sp³-hybridized carbons (Fsp3) is 0.455. The Kier molecular flexibility index (Phi) is 6.40. The number of carbonyl (C=O) groups is 1. The van der Waals surface area contributed by atoms with Crippen LogP contribution >= 0.6 is 0 Å². The summed E-state index contributed by atoms with van der Waals surface area (Å²) in [5, 5.41) is 6.63. The van der Waals surface area contributed by atoms with E-state index < -0.39 is 12.0 Å². The molecule has 1 saturated carbocycles. The van der Waals surface area contributed by atoms with E-state index in [4.69, 9.17) is 4.74 Å². The van der Waals surface area contributed by atoms with E-state index in [1.165, 1.54) is 10.7 Å². The lowest BCUT2D eigenvalue weighted by atomic mass is 9.80. The molecule has 0 radical (unpaired) electrons. The van der Waals surface area contributed by atoms with Crippen LogP contribution < -0.4 is 5.32 Å². The predicted octanol–water partition coefficient (Wildman–Crippen LogP) is 3.99. The van der Waals surface area contributed by atoms with Crippen LogP contribution in [0.15, 0.2) is 36.5 Å². The summed E-state index contributed by atoms with van der Waals surface area (Å²) in [7, 11) is 1.62. The standard InChI is InChI=1S/C22H24F3N5O2/c1-32-13-15-4-8-17(9-5-15)19(31)27-12-14-2-6-16(7-3-14)18-10-11-26-21-28-20(22(23,24)25)29-30(18)21/h4-5,8-11,14,16H,2-3,6-7,12-13H2,1H3,(H,27,31). The first-order valence-corrected chi connectivity index (χ1v) is 10.5. The van der Waals surface area contributed by atoms with Crippen molar-refractivity contribution < 1.29 is 22.7 Å². The van der Waals surface area contributed by atoms with Crippen molar-refractivity contribution in [3.8, 4) is 0 Å². The molecule has 32 heavy (non-hydrogen) atoms. The van der Waals surface area contributed by atoms with Crippen molar-refractivity contribution in [3.63, 3.8) is 0 Å². The maximum absolute atomic E-state index is 13.0. The number of halogens is 3. The number of rotatable bonds is 6. The third kappa shape index (κ3) is 4.90. The van der Waals surface area contributed by atoms with Crippen molar-refractivity contribution in [3.05, 3.63) is 59.2 Å². The summed E-state index contributed by atoms with van der Waals surface area (Å²) < 4.78 is 45.2. The Morgan fingerprint density at radius 3 is 2.53 bits per heavy atom. The van der Waals surface area contributed by atoms with Crippen molar-refractivity contribution in [1.29, 1.82) is 0 Å². The summed E-state index contributed by atoms with van der Waals surface area (Å²) in [6.45, 7) is 1.07. The monoisotopic (exact) mass is 447 g/mol. The quantitative estimate of drug-likeness (QED) is 0.618. The molecule has 0 atom stereocenters. The van der Waals surface area contributed by atoms with E-state index in [0.29, 0.717) is 30.3 Å². The molecule has 0 spiro atoms. The number of fused-ring (bicyclic) bond motifs is 1. The van der Waals surface area contributed by atoms with E-state index in [2.05, 4.69) is 20.4 Å². The topological polar surface area (TPSA) is 81.4 Å². The fourth-order valence-electron chi connectivity index (χ4n) is 4.16. The van der Waals surface area contributed by atoms with Crippen molar-refractivity contribution in [2.75, 3.05) is 13.7 Å². The average Bonchev–Trinajstić information content (AvgIpc) is 3.24. The second-order valence-corrected chi connectivity index (χ2v) is 8.07. The van der Waals surface area contributed by atoms with Crippen LogP contribution in [0.5, 0.6) is 0 Å². The normalized spacial score (nSPS) is 19.2. The summed E-state index contributed by atoms with van der Waals surface area (Å²) in [4.78, 5) is 19.8. The first-order chi connectivity index (χ1) is 15.3. The summed E-state index contributed by atoms with van der Waals surface area (Å²) in [6, 6.07) is 9.01. The number of hydrogen-bond acceptors (Lipinski definition) is 5. The summed E-state index contributed by atoms with van der Waals surface area (Å²) in [5.74, 6) is -0.940. The number of aromatic nitrogens is 4. The molecule has 1 aliphatic rings. The van der Waals surface area contributed by atoms with Gasteiger partial charge in [-0.15, -0.1) is 5.10 Å². The minimum Gasteiger partial charge on any atom is -0.380 e. The number of nitrogens with zero attached hydrogens (tertiary/aromatic N) is 4. The lowest BCUT2D eigenvalue weighted by Crippen LogP contribution is -2.31. The summed E-state index contributed by atoms with van der Waals surface area (Å²) >= 11 is 0. The Morgan fingerprint density at radius 2 is 1.88 bits per heavy atom. The number of nitrogens with one attached hydrogen (secondary N) is 1. The molecule has 7 nitrogen and oxygen atoms in total. The highest BCUT2D eigenvalue weighted by Crippen LogP contribution is 2.36. The summed E-state index contributed by atoms with van der Waals surface area (Å²) in [5.41, 5.74) is 2.29. The lowest BCUT2D eigenvalue weighted by Gasteiger charge is -2.28. The molecule has 4 rings (SSSR count). The smallest absolute Gasteiger partial charge is 0.380 e. The first-order valence-electron chi connectivity index (χ1n) is 10.5. The Labute approximate surface area is 183 Å². The molecule has 1 amide bonds. The molecular weight excluding hydrogens is 423 g/mol. The molecular formula is C22H24F3N5O2. The van der Waals surface area contributed by atoms with Crippen LogP contribution in [0.3, 0.4) is 0 Å². The minimum atomic E-state index is -4.61. The largest absolute Gasteiger partial charge is 0.453 e. The van der Waals surface area contributed by atoms with E-state index in [1.807, 2.05) is 12.1 Å². The molecule has 2 heterocycles. The molecule has 2 aromatic heterocycles. The molecule has 3 aromatic rings. The lowest BCUT2D eigenvalue weighted by molar-refractivity contribution is -0.144. The summed E-state index contributed by atoms with van der Waals surface area (Å²) in [6.07, 6.45) is 0.193. The van der Waals surface area contributed by atoms with Crippen molar-refractivity contribution in [2.45, 2.75) is 44.4 Å². The van der Waals surface area contributed by atoms with Gasteiger partial charge in [-0.05, 0) is 55.4 Å². The van der Waals surface area contributed by atoms with E-state index >= 15 is 0 Å². The molecule has 10 heteroatoms. The minimum absolute atomic E-state index is 0.0410. The van der Waals surface area contributed by atoms with Gasteiger partial charge in [0.25, 0.3) is 17.5 Å². The number of alkyl halides is 3. The van der Waals surface area contributed by atoms with Gasteiger partial charge in [0.1, 0.15) is 0 Å². The number of benzene rings is 1. The van der Waals surface area contributed by atoms with Crippen LogP contribution in [-0.4, -0.2) is 39.1 Å². The van der Waals surface area contributed by atoms with Crippen LogP contribution in [0.4, 0.5) is 13.2 Å². The predicted molar refractivity (Wildman–Crippen MR) is 110 cm³/mol. The van der Waals surface area contributed by atoms with Crippen molar-refractivity contribution >= 4 is 11.7 Å². The van der Waals surface area contributed by atoms with Gasteiger partial charge in [-0.1, -0.05) is 12.1 Å². The van der Waals surface area contributed by atoms with Crippen LogP contribution in [-0.2, 0) is 17.5 Å². The van der Waals surface area contributed by atoms with Crippen LogP contribution in [0.25, 0.3) is 5.78 Å². The molecule has 0 bridgehead atoms. The zero-order valence-electron chi connectivity index (χ0n) is 17.6. The van der Waals surface area contributed by atoms with Gasteiger partial charge in [0.15, 0.2) is 0 Å². The molecule has 170 valence electrons. The zero-order chi connectivity index (χ0) is 22.7. The molecule has 1 N–H and O–H groups in total. The van der Waals surface area contributed by atoms with E-state index in [1.54, 1.807) is 25.3 Å². The molecule has 0 saturated heterocycles. The average molecular weight is 447 g/mol. The van der Waals surface area contributed by atoms with Gasteiger partial charge in [0, 0.05) is 31.3 Å².